The van der Waals surface area contributed by atoms with E-state index in [-0.39, 0.29) is 0 Å². The van der Waals surface area contributed by atoms with Crippen LogP contribution < -0.4 is 16.0 Å². The zero-order chi connectivity index (χ0) is 14.8. The van der Waals surface area contributed by atoms with Crippen molar-refractivity contribution in [1.82, 2.24) is 5.32 Å². The molecule has 1 aromatic rings. The molecule has 1 saturated heterocycles. The molecule has 4 nitrogen and oxygen atoms in total. The third-order valence-electron chi connectivity index (χ3n) is 4.45. The molecule has 2 fully saturated rings. The highest BCUT2D eigenvalue weighted by atomic mass is 35.5. The van der Waals surface area contributed by atoms with Gasteiger partial charge in [-0.25, -0.2) is 0 Å². The van der Waals surface area contributed by atoms with Gasteiger partial charge in [-0.3, -0.25) is 4.79 Å². The lowest BCUT2D eigenvalue weighted by Crippen LogP contribution is -2.38. The molecular formula is C16H22ClN3O. The van der Waals surface area contributed by atoms with Crippen LogP contribution in [0, 0.1) is 5.92 Å². The molecule has 1 amide bonds. The summed E-state index contributed by atoms with van der Waals surface area (Å²) in [5, 5.41) is 3.85. The number of carbonyl (C=O) groups excluding carboxylic acids is 1. The highest BCUT2D eigenvalue weighted by Crippen LogP contribution is 2.37. The second kappa shape index (κ2) is 6.24. The Balaban J connectivity index is 1.87. The number of piperidine rings is 1. The molecule has 0 spiro atoms. The normalized spacial score (nSPS) is 19.5. The fourth-order valence-electron chi connectivity index (χ4n) is 3.17. The maximum Gasteiger partial charge on any atom is 0.252 e. The first kappa shape index (κ1) is 14.7. The molecule has 5 heteroatoms. The van der Waals surface area contributed by atoms with Gasteiger partial charge in [0, 0.05) is 12.6 Å². The smallest absolute Gasteiger partial charge is 0.252 e. The number of benzene rings is 1. The molecule has 0 radical (unpaired) electrons. The first-order chi connectivity index (χ1) is 10.2. The third kappa shape index (κ3) is 3.33. The van der Waals surface area contributed by atoms with Crippen molar-refractivity contribution in [3.63, 3.8) is 0 Å². The molecule has 0 atom stereocenters. The lowest BCUT2D eigenvalue weighted by molar-refractivity contribution is 0.100. The van der Waals surface area contributed by atoms with Crippen LogP contribution in [0.15, 0.2) is 18.2 Å². The number of anilines is 1. The van der Waals surface area contributed by atoms with Crippen LogP contribution in [0.2, 0.25) is 5.02 Å². The number of rotatable bonds is 5. The van der Waals surface area contributed by atoms with E-state index in [0.717, 1.165) is 25.3 Å². The number of primary amides is 1. The van der Waals surface area contributed by atoms with E-state index in [9.17, 15) is 4.79 Å². The van der Waals surface area contributed by atoms with Gasteiger partial charge >= 0.3 is 0 Å². The maximum atomic E-state index is 11.8. The number of amides is 1. The van der Waals surface area contributed by atoms with Crippen molar-refractivity contribution in [3.8, 4) is 0 Å². The van der Waals surface area contributed by atoms with Crippen LogP contribution in [0.25, 0.3) is 0 Å². The summed E-state index contributed by atoms with van der Waals surface area (Å²) in [6.45, 7) is 3.16. The van der Waals surface area contributed by atoms with Gasteiger partial charge < -0.3 is 16.0 Å². The van der Waals surface area contributed by atoms with Gasteiger partial charge in [0.25, 0.3) is 5.91 Å². The van der Waals surface area contributed by atoms with Crippen molar-refractivity contribution in [3.05, 3.63) is 28.8 Å². The molecule has 3 N–H and O–H groups in total. The predicted molar refractivity (Wildman–Crippen MR) is 85.9 cm³/mol. The van der Waals surface area contributed by atoms with Crippen LogP contribution in [0.1, 0.15) is 36.0 Å². The molecule has 1 heterocycles. The minimum Gasteiger partial charge on any atom is -0.368 e. The Bertz CT molecular complexity index is 524. The van der Waals surface area contributed by atoms with Crippen LogP contribution >= 0.6 is 11.6 Å². The van der Waals surface area contributed by atoms with Gasteiger partial charge in [-0.2, -0.15) is 0 Å². The second-order valence-electron chi connectivity index (χ2n) is 6.08. The summed E-state index contributed by atoms with van der Waals surface area (Å²) in [7, 11) is 0. The van der Waals surface area contributed by atoms with E-state index < -0.39 is 5.91 Å². The average molecular weight is 308 g/mol. The van der Waals surface area contributed by atoms with E-state index in [0.29, 0.717) is 22.5 Å². The lowest BCUT2D eigenvalue weighted by atomic mass is 9.96. The van der Waals surface area contributed by atoms with Gasteiger partial charge in [0.2, 0.25) is 0 Å². The number of nitrogens with two attached hydrogens (primary N) is 1. The molecule has 0 unspecified atom stereocenters. The van der Waals surface area contributed by atoms with E-state index >= 15 is 0 Å². The van der Waals surface area contributed by atoms with Crippen molar-refractivity contribution in [1.29, 1.82) is 0 Å². The molecule has 3 rings (SSSR count). The van der Waals surface area contributed by atoms with Crippen molar-refractivity contribution < 1.29 is 4.79 Å². The zero-order valence-corrected chi connectivity index (χ0v) is 12.9. The summed E-state index contributed by atoms with van der Waals surface area (Å²) < 4.78 is 0. The topological polar surface area (TPSA) is 58.4 Å². The summed E-state index contributed by atoms with van der Waals surface area (Å²) >= 11 is 6.20. The van der Waals surface area contributed by atoms with Gasteiger partial charge in [-0.1, -0.05) is 17.7 Å². The molecule has 21 heavy (non-hydrogen) atoms. The molecular weight excluding hydrogens is 286 g/mol. The van der Waals surface area contributed by atoms with Crippen LogP contribution in [-0.4, -0.2) is 31.6 Å². The van der Waals surface area contributed by atoms with Crippen molar-refractivity contribution in [2.75, 3.05) is 24.5 Å². The van der Waals surface area contributed by atoms with Crippen LogP contribution in [0.3, 0.4) is 0 Å². The van der Waals surface area contributed by atoms with Crippen LogP contribution in [0.4, 0.5) is 5.69 Å². The minimum absolute atomic E-state index is 0.438. The molecule has 114 valence electrons. The lowest BCUT2D eigenvalue weighted by Gasteiger charge is -2.33. The molecule has 2 aliphatic rings. The Morgan fingerprint density at radius 2 is 2.00 bits per heavy atom. The zero-order valence-electron chi connectivity index (χ0n) is 12.1. The molecule has 0 bridgehead atoms. The summed E-state index contributed by atoms with van der Waals surface area (Å²) in [4.78, 5) is 14.1. The maximum absolute atomic E-state index is 11.8. The first-order valence-electron chi connectivity index (χ1n) is 7.72. The molecule has 1 aliphatic carbocycles. The van der Waals surface area contributed by atoms with Crippen molar-refractivity contribution in [2.24, 2.45) is 11.7 Å². The Labute approximate surface area is 130 Å². The van der Waals surface area contributed by atoms with E-state index in [4.69, 9.17) is 17.3 Å². The van der Waals surface area contributed by atoms with Gasteiger partial charge in [0.1, 0.15) is 0 Å². The monoisotopic (exact) mass is 307 g/mol. The number of halogens is 1. The van der Waals surface area contributed by atoms with Crippen molar-refractivity contribution >= 4 is 23.2 Å². The van der Waals surface area contributed by atoms with Gasteiger partial charge in [-0.05, 0) is 56.8 Å². The number of nitrogens with zero attached hydrogens (tertiary/aromatic N) is 1. The summed E-state index contributed by atoms with van der Waals surface area (Å²) in [5.74, 6) is 0.234. The SMILES string of the molecule is NC(=O)c1c(Cl)cccc1N(CC1CCNCC1)C1CC1. The van der Waals surface area contributed by atoms with Gasteiger partial charge in [0.05, 0.1) is 16.3 Å². The number of carbonyl (C=O) groups is 1. The molecule has 1 saturated carbocycles. The van der Waals surface area contributed by atoms with Gasteiger partial charge in [-0.15, -0.1) is 0 Å². The Morgan fingerprint density at radius 1 is 1.29 bits per heavy atom. The Kier molecular flexibility index (Phi) is 4.36. The average Bonchev–Trinajstić information content (AvgIpc) is 3.30. The number of hydrogen-bond donors (Lipinski definition) is 2. The molecule has 0 aromatic heterocycles. The summed E-state index contributed by atoms with van der Waals surface area (Å²) in [5.41, 5.74) is 6.93. The number of nitrogens with one attached hydrogen (secondary N) is 1. The third-order valence-corrected chi connectivity index (χ3v) is 4.76. The molecule has 1 aromatic carbocycles. The van der Waals surface area contributed by atoms with Crippen LogP contribution in [-0.2, 0) is 0 Å². The predicted octanol–water partition coefficient (Wildman–Crippen LogP) is 2.41. The molecule has 1 aliphatic heterocycles. The van der Waals surface area contributed by atoms with E-state index in [1.165, 1.54) is 25.7 Å². The van der Waals surface area contributed by atoms with E-state index in [2.05, 4.69) is 10.2 Å². The highest BCUT2D eigenvalue weighted by Gasteiger charge is 2.33. The highest BCUT2D eigenvalue weighted by molar-refractivity contribution is 6.34. The van der Waals surface area contributed by atoms with E-state index in [1.807, 2.05) is 12.1 Å². The summed E-state index contributed by atoms with van der Waals surface area (Å²) in [6.07, 6.45) is 4.76. The van der Waals surface area contributed by atoms with Gasteiger partial charge in [0.15, 0.2) is 0 Å². The largest absolute Gasteiger partial charge is 0.368 e. The van der Waals surface area contributed by atoms with Crippen LogP contribution in [0.5, 0.6) is 0 Å². The number of hydrogen-bond acceptors (Lipinski definition) is 3. The Hall–Kier alpha value is -1.26. The first-order valence-corrected chi connectivity index (χ1v) is 8.10. The fraction of sp³-hybridized carbons (Fsp3) is 0.562. The quantitative estimate of drug-likeness (QED) is 0.878. The second-order valence-corrected chi connectivity index (χ2v) is 6.48. The minimum atomic E-state index is -0.438. The Morgan fingerprint density at radius 3 is 2.62 bits per heavy atom. The fourth-order valence-corrected chi connectivity index (χ4v) is 3.43. The standard InChI is InChI=1S/C16H22ClN3O/c17-13-2-1-3-14(15(13)16(18)21)20(12-4-5-12)10-11-6-8-19-9-7-11/h1-3,11-12,19H,4-10H2,(H2,18,21). The van der Waals surface area contributed by atoms with Crippen molar-refractivity contribution in [2.45, 2.75) is 31.7 Å². The van der Waals surface area contributed by atoms with E-state index in [1.54, 1.807) is 6.07 Å². The summed E-state index contributed by atoms with van der Waals surface area (Å²) in [6, 6.07) is 6.16.